The largest absolute Gasteiger partial charge is 0.490 e. The van der Waals surface area contributed by atoms with Gasteiger partial charge in [0.15, 0.2) is 0 Å². The van der Waals surface area contributed by atoms with E-state index in [0.717, 1.165) is 48.9 Å². The fourth-order valence-electron chi connectivity index (χ4n) is 3.73. The summed E-state index contributed by atoms with van der Waals surface area (Å²) in [5.41, 5.74) is 2.16. The Hall–Kier alpha value is -2.08. The summed E-state index contributed by atoms with van der Waals surface area (Å²) in [7, 11) is 0. The molecular weight excluding hydrogens is 435 g/mol. The molecule has 3 atom stereocenters. The SMILES string of the molecule is Cc1nc(CO[C@@H]2CC[C@H]3[C@H]2OCCN3Cc2ccccn2)cs1.O=C(O)C(F)(F)F. The van der Waals surface area contributed by atoms with Crippen molar-refractivity contribution in [2.24, 2.45) is 0 Å². The maximum Gasteiger partial charge on any atom is 0.490 e. The monoisotopic (exact) mass is 459 g/mol. The minimum atomic E-state index is -5.08. The number of halogens is 3. The normalized spacial score (nSPS) is 23.7. The van der Waals surface area contributed by atoms with Crippen LogP contribution in [0, 0.1) is 6.92 Å². The first-order chi connectivity index (χ1) is 14.7. The van der Waals surface area contributed by atoms with Crippen molar-refractivity contribution in [2.45, 2.75) is 57.3 Å². The number of ether oxygens (including phenoxy) is 2. The Balaban J connectivity index is 0.000000339. The van der Waals surface area contributed by atoms with E-state index in [0.29, 0.717) is 12.6 Å². The van der Waals surface area contributed by atoms with Crippen molar-refractivity contribution < 1.29 is 32.5 Å². The molecule has 1 N–H and O–H groups in total. The Morgan fingerprint density at radius 2 is 2.13 bits per heavy atom. The van der Waals surface area contributed by atoms with Crippen LogP contribution in [0.2, 0.25) is 0 Å². The van der Waals surface area contributed by atoms with Gasteiger partial charge in [-0.05, 0) is 31.9 Å². The van der Waals surface area contributed by atoms with Gasteiger partial charge in [0.1, 0.15) is 0 Å². The number of hydrogen-bond donors (Lipinski definition) is 1. The molecule has 0 aromatic carbocycles. The van der Waals surface area contributed by atoms with Gasteiger partial charge in [-0.15, -0.1) is 11.3 Å². The molecule has 1 saturated carbocycles. The van der Waals surface area contributed by atoms with Crippen LogP contribution in [0.5, 0.6) is 0 Å². The van der Waals surface area contributed by atoms with Crippen molar-refractivity contribution in [1.29, 1.82) is 0 Å². The molecule has 2 aliphatic rings. The first-order valence-electron chi connectivity index (χ1n) is 9.82. The van der Waals surface area contributed by atoms with E-state index in [1.165, 1.54) is 0 Å². The number of rotatable bonds is 5. The van der Waals surface area contributed by atoms with E-state index in [-0.39, 0.29) is 12.2 Å². The van der Waals surface area contributed by atoms with E-state index in [1.54, 1.807) is 11.3 Å². The number of pyridine rings is 1. The number of nitrogens with zero attached hydrogens (tertiary/aromatic N) is 3. The van der Waals surface area contributed by atoms with Gasteiger partial charge in [0, 0.05) is 30.7 Å². The Morgan fingerprint density at radius 3 is 2.74 bits per heavy atom. The molecule has 11 heteroatoms. The molecule has 170 valence electrons. The molecule has 31 heavy (non-hydrogen) atoms. The number of alkyl halides is 3. The summed E-state index contributed by atoms with van der Waals surface area (Å²) in [4.78, 5) is 20.3. The molecule has 2 aromatic heterocycles. The second-order valence-electron chi connectivity index (χ2n) is 7.28. The van der Waals surface area contributed by atoms with Gasteiger partial charge in [-0.25, -0.2) is 9.78 Å². The maximum atomic E-state index is 10.6. The van der Waals surface area contributed by atoms with Gasteiger partial charge in [0.05, 0.1) is 41.8 Å². The Morgan fingerprint density at radius 1 is 1.35 bits per heavy atom. The van der Waals surface area contributed by atoms with Crippen LogP contribution >= 0.6 is 11.3 Å². The highest BCUT2D eigenvalue weighted by Gasteiger charge is 2.43. The highest BCUT2D eigenvalue weighted by atomic mass is 32.1. The maximum absolute atomic E-state index is 10.6. The van der Waals surface area contributed by atoms with Crippen molar-refractivity contribution in [3.8, 4) is 0 Å². The van der Waals surface area contributed by atoms with Gasteiger partial charge in [0.2, 0.25) is 0 Å². The van der Waals surface area contributed by atoms with Crippen LogP contribution in [0.15, 0.2) is 29.8 Å². The lowest BCUT2D eigenvalue weighted by molar-refractivity contribution is -0.192. The number of thiazole rings is 1. The molecular formula is C20H24F3N3O4S. The molecule has 1 aliphatic carbocycles. The number of carbonyl (C=O) groups is 1. The standard InChI is InChI=1S/C18H23N3O2S.C2HF3O2/c1-13-20-15(12-24-13)11-23-17-6-5-16-18(17)22-9-8-21(16)10-14-4-2-3-7-19-14;3-2(4,5)1(6)7/h2-4,7,12,16-18H,5-6,8-11H2,1H3;(H,6,7)/t16-,17+,18+;/m0./s1. The lowest BCUT2D eigenvalue weighted by atomic mass is 10.1. The van der Waals surface area contributed by atoms with Crippen LogP contribution in [-0.2, 0) is 27.4 Å². The summed E-state index contributed by atoms with van der Waals surface area (Å²) in [5, 5.41) is 10.3. The van der Waals surface area contributed by atoms with Gasteiger partial charge in [-0.2, -0.15) is 13.2 Å². The third kappa shape index (κ3) is 6.70. The number of fused-ring (bicyclic) bond motifs is 1. The lowest BCUT2D eigenvalue weighted by Gasteiger charge is -2.38. The highest BCUT2D eigenvalue weighted by Crippen LogP contribution is 2.33. The van der Waals surface area contributed by atoms with Crippen LogP contribution in [0.1, 0.15) is 29.2 Å². The van der Waals surface area contributed by atoms with Gasteiger partial charge >= 0.3 is 12.1 Å². The molecule has 0 spiro atoms. The van der Waals surface area contributed by atoms with Crippen LogP contribution in [-0.4, -0.2) is 63.5 Å². The number of carboxylic acids is 1. The number of carboxylic acid groups (broad SMARTS) is 1. The molecule has 0 radical (unpaired) electrons. The van der Waals surface area contributed by atoms with Crippen LogP contribution in [0.3, 0.4) is 0 Å². The van der Waals surface area contributed by atoms with E-state index in [4.69, 9.17) is 19.4 Å². The first kappa shape index (κ1) is 23.6. The fourth-order valence-corrected chi connectivity index (χ4v) is 4.33. The second kappa shape index (κ2) is 10.5. The molecule has 0 amide bonds. The molecule has 1 saturated heterocycles. The molecule has 3 heterocycles. The number of aryl methyl sites for hydroxylation is 1. The van der Waals surface area contributed by atoms with Crippen molar-refractivity contribution >= 4 is 17.3 Å². The zero-order chi connectivity index (χ0) is 22.4. The quantitative estimate of drug-likeness (QED) is 0.733. The van der Waals surface area contributed by atoms with Crippen LogP contribution in [0.4, 0.5) is 13.2 Å². The van der Waals surface area contributed by atoms with Gasteiger partial charge in [-0.1, -0.05) is 6.07 Å². The zero-order valence-electron chi connectivity index (χ0n) is 16.9. The fraction of sp³-hybridized carbons (Fsp3) is 0.550. The topological polar surface area (TPSA) is 84.8 Å². The molecule has 2 fully saturated rings. The van der Waals surface area contributed by atoms with Gasteiger partial charge in [-0.3, -0.25) is 9.88 Å². The molecule has 7 nitrogen and oxygen atoms in total. The minimum Gasteiger partial charge on any atom is -0.475 e. The molecule has 1 aliphatic heterocycles. The number of aromatic nitrogens is 2. The van der Waals surface area contributed by atoms with Crippen molar-refractivity contribution in [1.82, 2.24) is 14.9 Å². The van der Waals surface area contributed by atoms with Crippen molar-refractivity contribution in [2.75, 3.05) is 13.2 Å². The Kier molecular flexibility index (Phi) is 7.98. The number of aliphatic carboxylic acids is 1. The molecule has 0 bridgehead atoms. The summed E-state index contributed by atoms with van der Waals surface area (Å²) < 4.78 is 44.0. The highest BCUT2D eigenvalue weighted by molar-refractivity contribution is 7.09. The summed E-state index contributed by atoms with van der Waals surface area (Å²) in [6, 6.07) is 6.54. The Labute approximate surface area is 181 Å². The molecule has 2 aromatic rings. The summed E-state index contributed by atoms with van der Waals surface area (Å²) in [6.07, 6.45) is -0.704. The van der Waals surface area contributed by atoms with Crippen molar-refractivity contribution in [3.63, 3.8) is 0 Å². The van der Waals surface area contributed by atoms with Crippen LogP contribution in [0.25, 0.3) is 0 Å². The average molecular weight is 459 g/mol. The predicted octanol–water partition coefficient (Wildman–Crippen LogP) is 3.43. The van der Waals surface area contributed by atoms with E-state index < -0.39 is 12.1 Å². The predicted molar refractivity (Wildman–Crippen MR) is 107 cm³/mol. The van der Waals surface area contributed by atoms with E-state index >= 15 is 0 Å². The van der Waals surface area contributed by atoms with Gasteiger partial charge < -0.3 is 14.6 Å². The average Bonchev–Trinajstić information content (AvgIpc) is 3.33. The first-order valence-corrected chi connectivity index (χ1v) is 10.7. The third-order valence-corrected chi connectivity index (χ3v) is 5.92. The smallest absolute Gasteiger partial charge is 0.475 e. The second-order valence-corrected chi connectivity index (χ2v) is 8.34. The number of hydrogen-bond acceptors (Lipinski definition) is 7. The van der Waals surface area contributed by atoms with E-state index in [9.17, 15) is 13.2 Å². The van der Waals surface area contributed by atoms with E-state index in [2.05, 4.69) is 32.4 Å². The number of morpholine rings is 1. The van der Waals surface area contributed by atoms with Crippen molar-refractivity contribution in [3.05, 3.63) is 46.2 Å². The zero-order valence-corrected chi connectivity index (χ0v) is 17.7. The van der Waals surface area contributed by atoms with Gasteiger partial charge in [0.25, 0.3) is 0 Å². The van der Waals surface area contributed by atoms with E-state index in [1.807, 2.05) is 19.2 Å². The minimum absolute atomic E-state index is 0.169. The summed E-state index contributed by atoms with van der Waals surface area (Å²) in [5.74, 6) is -2.76. The molecule has 0 unspecified atom stereocenters. The lowest BCUT2D eigenvalue weighted by Crippen LogP contribution is -2.51. The van der Waals surface area contributed by atoms with Crippen LogP contribution < -0.4 is 0 Å². The summed E-state index contributed by atoms with van der Waals surface area (Å²) >= 11 is 1.67. The Bertz CT molecular complexity index is 850. The molecule has 4 rings (SSSR count). The third-order valence-electron chi connectivity index (χ3n) is 5.10. The summed E-state index contributed by atoms with van der Waals surface area (Å²) in [6.45, 7) is 5.24.